The summed E-state index contributed by atoms with van der Waals surface area (Å²) >= 11 is 0. The lowest BCUT2D eigenvalue weighted by atomic mass is 9.94. The van der Waals surface area contributed by atoms with Crippen molar-refractivity contribution in [1.29, 1.82) is 0 Å². The molecule has 5 nitrogen and oxygen atoms in total. The van der Waals surface area contributed by atoms with Crippen LogP contribution >= 0.6 is 0 Å². The van der Waals surface area contributed by atoms with Gasteiger partial charge in [-0.1, -0.05) is 18.2 Å². The fourth-order valence-electron chi connectivity index (χ4n) is 3.25. The fourth-order valence-corrected chi connectivity index (χ4v) is 3.25. The third-order valence-electron chi connectivity index (χ3n) is 4.28. The molecule has 0 aliphatic carbocycles. The first-order valence-corrected chi connectivity index (χ1v) is 7.91. The number of carboxylic acids is 1. The Morgan fingerprint density at radius 1 is 1.26 bits per heavy atom. The number of carbonyl (C=O) groups excluding carboxylic acids is 1. The molecule has 1 heterocycles. The van der Waals surface area contributed by atoms with Crippen molar-refractivity contribution in [2.24, 2.45) is 0 Å². The molecule has 1 aromatic carbocycles. The number of aryl methyl sites for hydroxylation is 1. The molecule has 1 aromatic rings. The van der Waals surface area contributed by atoms with Crippen molar-refractivity contribution in [2.75, 3.05) is 0 Å². The van der Waals surface area contributed by atoms with E-state index in [2.05, 4.69) is 5.32 Å². The Hall–Kier alpha value is -1.88. The van der Waals surface area contributed by atoms with Crippen LogP contribution in [0.2, 0.25) is 0 Å². The van der Waals surface area contributed by atoms with E-state index in [1.807, 2.05) is 27.7 Å². The Balaban J connectivity index is 1.95. The number of aromatic carboxylic acids is 1. The van der Waals surface area contributed by atoms with E-state index in [1.54, 1.807) is 24.3 Å². The second-order valence-electron chi connectivity index (χ2n) is 7.25. The minimum Gasteiger partial charge on any atom is -0.478 e. The molecule has 5 heteroatoms. The van der Waals surface area contributed by atoms with E-state index < -0.39 is 11.6 Å². The monoisotopic (exact) mass is 319 g/mol. The minimum atomic E-state index is -0.965. The molecule has 1 amide bonds. The van der Waals surface area contributed by atoms with Crippen LogP contribution in [0.15, 0.2) is 24.3 Å². The topological polar surface area (TPSA) is 75.6 Å². The number of carbonyl (C=O) groups is 2. The highest BCUT2D eigenvalue weighted by atomic mass is 16.5. The van der Waals surface area contributed by atoms with Crippen LogP contribution in [0.1, 0.15) is 56.5 Å². The van der Waals surface area contributed by atoms with Crippen LogP contribution in [0.4, 0.5) is 0 Å². The summed E-state index contributed by atoms with van der Waals surface area (Å²) in [5.74, 6) is -1.04. The molecule has 1 atom stereocenters. The van der Waals surface area contributed by atoms with Gasteiger partial charge in [0.05, 0.1) is 22.8 Å². The third-order valence-corrected chi connectivity index (χ3v) is 4.28. The highest BCUT2D eigenvalue weighted by molar-refractivity contribution is 5.89. The van der Waals surface area contributed by atoms with Gasteiger partial charge in [0.2, 0.25) is 5.91 Å². The summed E-state index contributed by atoms with van der Waals surface area (Å²) in [4.78, 5) is 23.4. The van der Waals surface area contributed by atoms with Gasteiger partial charge in [-0.3, -0.25) is 4.79 Å². The molecule has 1 unspecified atom stereocenters. The first-order chi connectivity index (χ1) is 10.6. The Labute approximate surface area is 137 Å². The van der Waals surface area contributed by atoms with Crippen molar-refractivity contribution in [3.63, 3.8) is 0 Å². The van der Waals surface area contributed by atoms with Gasteiger partial charge in [-0.15, -0.1) is 0 Å². The van der Waals surface area contributed by atoms with Gasteiger partial charge in [-0.05, 0) is 52.2 Å². The van der Waals surface area contributed by atoms with Crippen LogP contribution in [-0.4, -0.2) is 34.2 Å². The molecule has 1 aliphatic heterocycles. The predicted octanol–water partition coefficient (Wildman–Crippen LogP) is 2.78. The van der Waals surface area contributed by atoms with Gasteiger partial charge in [0.25, 0.3) is 0 Å². The van der Waals surface area contributed by atoms with E-state index in [0.29, 0.717) is 12.0 Å². The van der Waals surface area contributed by atoms with Crippen molar-refractivity contribution < 1.29 is 19.4 Å². The van der Waals surface area contributed by atoms with E-state index in [-0.39, 0.29) is 29.5 Å². The van der Waals surface area contributed by atoms with Gasteiger partial charge in [-0.25, -0.2) is 4.79 Å². The number of hydrogen-bond donors (Lipinski definition) is 2. The molecule has 0 saturated carbocycles. The Morgan fingerprint density at radius 2 is 1.91 bits per heavy atom. The predicted molar refractivity (Wildman–Crippen MR) is 87.5 cm³/mol. The largest absolute Gasteiger partial charge is 0.478 e. The van der Waals surface area contributed by atoms with Crippen molar-refractivity contribution in [2.45, 2.75) is 64.2 Å². The molecular weight excluding hydrogens is 294 g/mol. The van der Waals surface area contributed by atoms with Crippen LogP contribution in [0, 0.1) is 0 Å². The zero-order valence-electron chi connectivity index (χ0n) is 14.2. The van der Waals surface area contributed by atoms with E-state index in [4.69, 9.17) is 9.84 Å². The molecule has 126 valence electrons. The zero-order valence-corrected chi connectivity index (χ0v) is 14.2. The van der Waals surface area contributed by atoms with Crippen LogP contribution in [-0.2, 0) is 16.0 Å². The summed E-state index contributed by atoms with van der Waals surface area (Å²) in [6.07, 6.45) is 1.43. The Morgan fingerprint density at radius 3 is 2.48 bits per heavy atom. The molecule has 2 N–H and O–H groups in total. The van der Waals surface area contributed by atoms with Crippen LogP contribution in [0.5, 0.6) is 0 Å². The maximum Gasteiger partial charge on any atom is 0.335 e. The summed E-state index contributed by atoms with van der Waals surface area (Å²) in [5, 5.41) is 12.2. The van der Waals surface area contributed by atoms with E-state index in [0.717, 1.165) is 6.42 Å². The maximum atomic E-state index is 12.2. The number of benzene rings is 1. The van der Waals surface area contributed by atoms with Crippen molar-refractivity contribution in [3.05, 3.63) is 35.4 Å². The third kappa shape index (κ3) is 4.32. The van der Waals surface area contributed by atoms with E-state index in [9.17, 15) is 9.59 Å². The van der Waals surface area contributed by atoms with Crippen molar-refractivity contribution in [3.8, 4) is 0 Å². The first kappa shape index (κ1) is 17.5. The molecule has 1 saturated heterocycles. The highest BCUT2D eigenvalue weighted by Crippen LogP contribution is 2.37. The number of hydrogen-bond acceptors (Lipinski definition) is 3. The van der Waals surface area contributed by atoms with Gasteiger partial charge < -0.3 is 15.2 Å². The normalized spacial score (nSPS) is 21.8. The molecule has 2 rings (SSSR count). The van der Waals surface area contributed by atoms with Gasteiger partial charge in [0.15, 0.2) is 0 Å². The van der Waals surface area contributed by atoms with Crippen LogP contribution in [0.25, 0.3) is 0 Å². The lowest BCUT2D eigenvalue weighted by Crippen LogP contribution is -2.46. The number of rotatable bonds is 5. The summed E-state index contributed by atoms with van der Waals surface area (Å²) in [7, 11) is 0. The second kappa shape index (κ2) is 6.32. The van der Waals surface area contributed by atoms with Crippen LogP contribution < -0.4 is 5.32 Å². The van der Waals surface area contributed by atoms with Gasteiger partial charge in [0.1, 0.15) is 0 Å². The standard InChI is InChI=1S/C18H25NO4/c1-17(2)11-14(18(3,4)23-17)19-15(20)10-9-12-7-5-6-8-13(12)16(21)22/h5-8,14H,9-11H2,1-4H3,(H,19,20)(H,21,22). The molecule has 1 fully saturated rings. The highest BCUT2D eigenvalue weighted by Gasteiger charge is 2.46. The molecule has 0 bridgehead atoms. The maximum absolute atomic E-state index is 12.2. The number of ether oxygens (including phenoxy) is 1. The summed E-state index contributed by atoms with van der Waals surface area (Å²) in [5.41, 5.74) is 0.276. The SMILES string of the molecule is CC1(C)CC(NC(=O)CCc2ccccc2C(=O)O)C(C)(C)O1. The minimum absolute atomic E-state index is 0.0419. The van der Waals surface area contributed by atoms with Gasteiger partial charge in [0, 0.05) is 6.42 Å². The number of nitrogens with one attached hydrogen (secondary N) is 1. The molecule has 0 radical (unpaired) electrons. The Bertz CT molecular complexity index is 607. The average Bonchev–Trinajstić information content (AvgIpc) is 2.64. The van der Waals surface area contributed by atoms with Gasteiger partial charge >= 0.3 is 5.97 Å². The average molecular weight is 319 g/mol. The Kier molecular flexibility index (Phi) is 4.80. The molecule has 23 heavy (non-hydrogen) atoms. The van der Waals surface area contributed by atoms with Crippen molar-refractivity contribution in [1.82, 2.24) is 5.32 Å². The molecule has 1 aliphatic rings. The van der Waals surface area contributed by atoms with Crippen LogP contribution in [0.3, 0.4) is 0 Å². The van der Waals surface area contributed by atoms with Crippen molar-refractivity contribution >= 4 is 11.9 Å². The molecule has 0 spiro atoms. The molecular formula is C18H25NO4. The second-order valence-corrected chi connectivity index (χ2v) is 7.25. The lowest BCUT2D eigenvalue weighted by molar-refractivity contribution is -0.123. The van der Waals surface area contributed by atoms with E-state index >= 15 is 0 Å². The molecule has 0 aromatic heterocycles. The number of carboxylic acid groups (broad SMARTS) is 1. The van der Waals surface area contributed by atoms with E-state index in [1.165, 1.54) is 0 Å². The first-order valence-electron chi connectivity index (χ1n) is 7.91. The van der Waals surface area contributed by atoms with Gasteiger partial charge in [-0.2, -0.15) is 0 Å². The summed E-state index contributed by atoms with van der Waals surface area (Å²) in [6, 6.07) is 6.75. The smallest absolute Gasteiger partial charge is 0.335 e. The quantitative estimate of drug-likeness (QED) is 0.875. The fraction of sp³-hybridized carbons (Fsp3) is 0.556. The zero-order chi connectivity index (χ0) is 17.3. The summed E-state index contributed by atoms with van der Waals surface area (Å²) in [6.45, 7) is 7.99. The number of amides is 1. The summed E-state index contributed by atoms with van der Waals surface area (Å²) < 4.78 is 5.97. The lowest BCUT2D eigenvalue weighted by Gasteiger charge is -2.27.